The molecule has 2 aromatic heterocycles. The molecule has 0 saturated heterocycles. The lowest BCUT2D eigenvalue weighted by Gasteiger charge is -2.22. The number of hydrazone groups is 1. The van der Waals surface area contributed by atoms with Crippen LogP contribution in [0.25, 0.3) is 0 Å². The van der Waals surface area contributed by atoms with E-state index in [1.165, 1.54) is 11.8 Å². The summed E-state index contributed by atoms with van der Waals surface area (Å²) in [5.74, 6) is 1.34. The molecule has 0 radical (unpaired) electrons. The van der Waals surface area contributed by atoms with Gasteiger partial charge in [0.05, 0.1) is 36.6 Å². The maximum atomic E-state index is 13.2. The summed E-state index contributed by atoms with van der Waals surface area (Å²) >= 11 is 2.92. The molecular formula is C20H22N6O3S2. The molecule has 0 spiro atoms. The molecule has 0 N–H and O–H groups in total. The molecule has 4 rings (SSSR count). The number of benzene rings is 1. The number of ether oxygens (including phenoxy) is 2. The summed E-state index contributed by atoms with van der Waals surface area (Å²) in [5, 5.41) is 20.5. The second-order valence-electron chi connectivity index (χ2n) is 6.66. The van der Waals surface area contributed by atoms with Crippen LogP contribution < -0.4 is 9.47 Å². The van der Waals surface area contributed by atoms with Crippen LogP contribution in [0.5, 0.6) is 11.5 Å². The van der Waals surface area contributed by atoms with Crippen LogP contribution in [0.3, 0.4) is 0 Å². The fraction of sp³-hybridized carbons (Fsp3) is 0.350. The second kappa shape index (κ2) is 9.48. The zero-order valence-corrected chi connectivity index (χ0v) is 19.0. The van der Waals surface area contributed by atoms with Crippen LogP contribution in [0.15, 0.2) is 46.0 Å². The van der Waals surface area contributed by atoms with E-state index in [2.05, 4.69) is 15.5 Å². The van der Waals surface area contributed by atoms with Gasteiger partial charge in [-0.2, -0.15) is 5.10 Å². The molecule has 1 aliphatic heterocycles. The highest BCUT2D eigenvalue weighted by molar-refractivity contribution is 7.99. The van der Waals surface area contributed by atoms with Gasteiger partial charge in [0.2, 0.25) is 5.16 Å². The van der Waals surface area contributed by atoms with Crippen molar-refractivity contribution in [2.24, 2.45) is 5.10 Å². The monoisotopic (exact) mass is 458 g/mol. The molecule has 1 unspecified atom stereocenters. The minimum atomic E-state index is -0.229. The van der Waals surface area contributed by atoms with Gasteiger partial charge in [0.1, 0.15) is 0 Å². The number of hydrogen-bond acceptors (Lipinski definition) is 9. The Morgan fingerprint density at radius 3 is 2.81 bits per heavy atom. The van der Waals surface area contributed by atoms with Crippen molar-refractivity contribution in [2.75, 3.05) is 20.0 Å². The van der Waals surface area contributed by atoms with E-state index in [1.807, 2.05) is 42.6 Å². The number of tetrazole rings is 1. The molecule has 0 aliphatic carbocycles. The van der Waals surface area contributed by atoms with Crippen molar-refractivity contribution >= 4 is 34.7 Å². The first-order valence-corrected chi connectivity index (χ1v) is 11.6. The van der Waals surface area contributed by atoms with Crippen molar-refractivity contribution in [2.45, 2.75) is 31.1 Å². The fourth-order valence-electron chi connectivity index (χ4n) is 3.34. The zero-order valence-electron chi connectivity index (χ0n) is 17.4. The van der Waals surface area contributed by atoms with Crippen molar-refractivity contribution in [3.05, 3.63) is 46.2 Å². The number of carbonyl (C=O) groups is 1. The Morgan fingerprint density at radius 2 is 2.10 bits per heavy atom. The SMILES string of the molecule is CCn1nnnc1SCC(=O)N1N=C(c2cccs2)CC1c1ccc(OC)c(OC)c1. The van der Waals surface area contributed by atoms with Crippen LogP contribution in [0.4, 0.5) is 0 Å². The topological polar surface area (TPSA) is 94.7 Å². The van der Waals surface area contributed by atoms with E-state index in [0.717, 1.165) is 16.2 Å². The van der Waals surface area contributed by atoms with Crippen LogP contribution in [0, 0.1) is 0 Å². The van der Waals surface area contributed by atoms with Crippen molar-refractivity contribution in [1.82, 2.24) is 25.2 Å². The molecule has 1 aliphatic rings. The highest BCUT2D eigenvalue weighted by Gasteiger charge is 2.34. The van der Waals surface area contributed by atoms with Gasteiger partial charge in [-0.15, -0.1) is 16.4 Å². The zero-order chi connectivity index (χ0) is 21.8. The van der Waals surface area contributed by atoms with Crippen LogP contribution in [-0.2, 0) is 11.3 Å². The van der Waals surface area contributed by atoms with E-state index in [4.69, 9.17) is 14.6 Å². The quantitative estimate of drug-likeness (QED) is 0.478. The first kappa shape index (κ1) is 21.3. The number of hydrogen-bond donors (Lipinski definition) is 0. The maximum Gasteiger partial charge on any atom is 0.253 e. The first-order valence-electron chi connectivity index (χ1n) is 9.68. The van der Waals surface area contributed by atoms with Crippen molar-refractivity contribution < 1.29 is 14.3 Å². The van der Waals surface area contributed by atoms with Crippen molar-refractivity contribution in [1.29, 1.82) is 0 Å². The second-order valence-corrected chi connectivity index (χ2v) is 8.55. The number of aromatic nitrogens is 4. The minimum absolute atomic E-state index is 0.109. The predicted molar refractivity (Wildman–Crippen MR) is 119 cm³/mol. The molecule has 9 nitrogen and oxygen atoms in total. The Hall–Kier alpha value is -2.92. The molecule has 11 heteroatoms. The van der Waals surface area contributed by atoms with Gasteiger partial charge in [-0.25, -0.2) is 9.69 Å². The van der Waals surface area contributed by atoms with Crippen LogP contribution >= 0.6 is 23.1 Å². The normalized spacial score (nSPS) is 15.8. The third kappa shape index (κ3) is 4.42. The largest absolute Gasteiger partial charge is 0.493 e. The van der Waals surface area contributed by atoms with E-state index in [1.54, 1.807) is 35.2 Å². The van der Waals surface area contributed by atoms with Gasteiger partial charge in [-0.05, 0) is 46.5 Å². The summed E-state index contributed by atoms with van der Waals surface area (Å²) < 4.78 is 12.5. The summed E-state index contributed by atoms with van der Waals surface area (Å²) in [6, 6.07) is 9.48. The van der Waals surface area contributed by atoms with E-state index in [9.17, 15) is 4.79 Å². The number of thioether (sulfide) groups is 1. The minimum Gasteiger partial charge on any atom is -0.493 e. The number of aryl methyl sites for hydroxylation is 1. The Bertz CT molecular complexity index is 1080. The summed E-state index contributed by atoms with van der Waals surface area (Å²) in [7, 11) is 3.20. The van der Waals surface area contributed by atoms with Crippen LogP contribution in [0.2, 0.25) is 0 Å². The van der Waals surface area contributed by atoms with Crippen LogP contribution in [0.1, 0.15) is 29.8 Å². The molecule has 1 amide bonds. The summed E-state index contributed by atoms with van der Waals surface area (Å²) in [4.78, 5) is 14.2. The number of nitrogens with zero attached hydrogens (tertiary/aromatic N) is 6. The maximum absolute atomic E-state index is 13.2. The smallest absolute Gasteiger partial charge is 0.253 e. The van der Waals surface area contributed by atoms with Gasteiger partial charge in [-0.3, -0.25) is 4.79 Å². The molecule has 162 valence electrons. The number of carbonyl (C=O) groups excluding carboxylic acids is 1. The molecule has 0 saturated carbocycles. The number of amides is 1. The summed E-state index contributed by atoms with van der Waals surface area (Å²) in [5.41, 5.74) is 1.83. The third-order valence-electron chi connectivity index (χ3n) is 4.89. The van der Waals surface area contributed by atoms with Gasteiger partial charge in [0.25, 0.3) is 5.91 Å². The third-order valence-corrected chi connectivity index (χ3v) is 6.75. The first-order chi connectivity index (χ1) is 15.1. The molecule has 0 fully saturated rings. The van der Waals surface area contributed by atoms with Gasteiger partial charge >= 0.3 is 0 Å². The number of methoxy groups -OCH3 is 2. The van der Waals surface area contributed by atoms with Gasteiger partial charge < -0.3 is 9.47 Å². The molecule has 1 aromatic carbocycles. The predicted octanol–water partition coefficient (Wildman–Crippen LogP) is 3.24. The Labute approximate surface area is 188 Å². The van der Waals surface area contributed by atoms with Gasteiger partial charge in [-0.1, -0.05) is 23.9 Å². The Kier molecular flexibility index (Phi) is 6.52. The number of thiophene rings is 1. The van der Waals surface area contributed by atoms with Crippen molar-refractivity contribution in [3.63, 3.8) is 0 Å². The molecule has 0 bridgehead atoms. The standard InChI is InChI=1S/C20H22N6O3S2/c1-4-25-20(21-23-24-25)31-12-19(27)26-15(11-14(22-26)18-6-5-9-30-18)13-7-8-16(28-2)17(10-13)29-3/h5-10,15H,4,11-12H2,1-3H3. The highest BCUT2D eigenvalue weighted by atomic mass is 32.2. The lowest BCUT2D eigenvalue weighted by Crippen LogP contribution is -2.28. The average molecular weight is 459 g/mol. The molecule has 3 aromatic rings. The molecule has 31 heavy (non-hydrogen) atoms. The lowest BCUT2D eigenvalue weighted by molar-refractivity contribution is -0.130. The van der Waals surface area contributed by atoms with E-state index in [-0.39, 0.29) is 17.7 Å². The van der Waals surface area contributed by atoms with Gasteiger partial charge in [0.15, 0.2) is 11.5 Å². The van der Waals surface area contributed by atoms with Gasteiger partial charge in [0, 0.05) is 13.0 Å². The Morgan fingerprint density at radius 1 is 1.26 bits per heavy atom. The van der Waals surface area contributed by atoms with Crippen molar-refractivity contribution in [3.8, 4) is 11.5 Å². The van der Waals surface area contributed by atoms with Crippen LogP contribution in [-0.4, -0.2) is 56.8 Å². The highest BCUT2D eigenvalue weighted by Crippen LogP contribution is 2.38. The molecule has 3 heterocycles. The molecular weight excluding hydrogens is 436 g/mol. The Balaban J connectivity index is 1.60. The van der Waals surface area contributed by atoms with E-state index >= 15 is 0 Å². The lowest BCUT2D eigenvalue weighted by atomic mass is 10.0. The average Bonchev–Trinajstić information content (AvgIpc) is 3.56. The summed E-state index contributed by atoms with van der Waals surface area (Å²) in [6.07, 6.45) is 0.624. The molecule has 1 atom stereocenters. The van der Waals surface area contributed by atoms with E-state index < -0.39 is 0 Å². The summed E-state index contributed by atoms with van der Waals surface area (Å²) in [6.45, 7) is 2.59. The fourth-order valence-corrected chi connectivity index (χ4v) is 4.86. The number of rotatable bonds is 8. The van der Waals surface area contributed by atoms with E-state index in [0.29, 0.717) is 29.6 Å².